The summed E-state index contributed by atoms with van der Waals surface area (Å²) in [6.45, 7) is 2.06. The average Bonchev–Trinajstić information content (AvgIpc) is 2.72. The molecule has 0 aliphatic heterocycles. The Balaban J connectivity index is 2.11. The molecule has 1 aliphatic rings. The normalized spacial score (nSPS) is 24.6. The molecule has 2 nitrogen and oxygen atoms in total. The van der Waals surface area contributed by atoms with Gasteiger partial charge in [-0.3, -0.25) is 0 Å². The van der Waals surface area contributed by atoms with Crippen LogP contribution in [0.2, 0.25) is 0 Å². The summed E-state index contributed by atoms with van der Waals surface area (Å²) in [7, 11) is 0. The molecular formula is C13H20N2S. The third-order valence-corrected chi connectivity index (χ3v) is 4.59. The van der Waals surface area contributed by atoms with Crippen LogP contribution in [0.5, 0.6) is 0 Å². The molecule has 0 radical (unpaired) electrons. The molecule has 1 fully saturated rings. The summed E-state index contributed by atoms with van der Waals surface area (Å²) in [5.74, 6) is 0. The Kier molecular flexibility index (Phi) is 3.64. The maximum absolute atomic E-state index is 6.08. The number of thioether (sulfide) groups is 1. The molecule has 0 bridgehead atoms. The summed E-state index contributed by atoms with van der Waals surface area (Å²) in [4.78, 5) is 0. The molecule has 0 amide bonds. The molecule has 0 heterocycles. The third-order valence-electron chi connectivity index (χ3n) is 3.42. The van der Waals surface area contributed by atoms with E-state index in [0.29, 0.717) is 6.04 Å². The summed E-state index contributed by atoms with van der Waals surface area (Å²) >= 11 is 1.97. The fraction of sp³-hybridized carbons (Fsp3) is 0.538. The predicted octanol–water partition coefficient (Wildman–Crippen LogP) is 3.27. The largest absolute Gasteiger partial charge is 0.397 e. The van der Waals surface area contributed by atoms with Crippen molar-refractivity contribution in [1.29, 1.82) is 0 Å². The highest BCUT2D eigenvalue weighted by Gasteiger charge is 2.26. The first-order chi connectivity index (χ1) is 7.72. The lowest BCUT2D eigenvalue weighted by Crippen LogP contribution is -2.26. The van der Waals surface area contributed by atoms with E-state index >= 15 is 0 Å². The van der Waals surface area contributed by atoms with Crippen molar-refractivity contribution in [1.82, 2.24) is 0 Å². The van der Waals surface area contributed by atoms with Crippen LogP contribution in [0.3, 0.4) is 0 Å². The van der Waals surface area contributed by atoms with E-state index in [1.165, 1.54) is 19.3 Å². The van der Waals surface area contributed by atoms with Crippen LogP contribution in [-0.4, -0.2) is 17.5 Å². The van der Waals surface area contributed by atoms with E-state index in [1.54, 1.807) is 0 Å². The SMILES string of the molecule is CSC1CCCC1Nc1cccc(C)c1N. The van der Waals surface area contributed by atoms with E-state index in [1.807, 2.05) is 11.8 Å². The molecule has 1 aliphatic carbocycles. The summed E-state index contributed by atoms with van der Waals surface area (Å²) < 4.78 is 0. The zero-order chi connectivity index (χ0) is 11.5. The Morgan fingerprint density at radius 3 is 2.94 bits per heavy atom. The van der Waals surface area contributed by atoms with Crippen molar-refractivity contribution in [3.8, 4) is 0 Å². The summed E-state index contributed by atoms with van der Waals surface area (Å²) in [6.07, 6.45) is 6.11. The average molecular weight is 236 g/mol. The van der Waals surface area contributed by atoms with Gasteiger partial charge in [-0.05, 0) is 37.7 Å². The number of rotatable bonds is 3. The molecular weight excluding hydrogens is 216 g/mol. The number of para-hydroxylation sites is 1. The molecule has 2 unspecified atom stereocenters. The van der Waals surface area contributed by atoms with Crippen LogP contribution < -0.4 is 11.1 Å². The first kappa shape index (κ1) is 11.6. The Bertz CT molecular complexity index is 365. The topological polar surface area (TPSA) is 38.0 Å². The van der Waals surface area contributed by atoms with Gasteiger partial charge in [-0.1, -0.05) is 18.6 Å². The van der Waals surface area contributed by atoms with Crippen LogP contribution in [0.1, 0.15) is 24.8 Å². The van der Waals surface area contributed by atoms with Crippen molar-refractivity contribution in [2.24, 2.45) is 0 Å². The quantitative estimate of drug-likeness (QED) is 0.791. The maximum Gasteiger partial charge on any atom is 0.0579 e. The highest BCUT2D eigenvalue weighted by Crippen LogP contribution is 2.32. The molecule has 2 rings (SSSR count). The monoisotopic (exact) mass is 236 g/mol. The lowest BCUT2D eigenvalue weighted by molar-refractivity contribution is 0.769. The van der Waals surface area contributed by atoms with Gasteiger partial charge in [0.1, 0.15) is 0 Å². The molecule has 1 saturated carbocycles. The molecule has 16 heavy (non-hydrogen) atoms. The zero-order valence-electron chi connectivity index (χ0n) is 9.99. The van der Waals surface area contributed by atoms with E-state index in [2.05, 4.69) is 36.7 Å². The van der Waals surface area contributed by atoms with Gasteiger partial charge in [0, 0.05) is 11.3 Å². The first-order valence-electron chi connectivity index (χ1n) is 5.87. The fourth-order valence-electron chi connectivity index (χ4n) is 2.38. The summed E-state index contributed by atoms with van der Waals surface area (Å²) in [5, 5.41) is 4.34. The van der Waals surface area contributed by atoms with Crippen molar-refractivity contribution in [2.45, 2.75) is 37.5 Å². The van der Waals surface area contributed by atoms with Gasteiger partial charge in [0.2, 0.25) is 0 Å². The van der Waals surface area contributed by atoms with Crippen LogP contribution in [0.15, 0.2) is 18.2 Å². The van der Waals surface area contributed by atoms with Crippen molar-refractivity contribution in [3.63, 3.8) is 0 Å². The van der Waals surface area contributed by atoms with Gasteiger partial charge in [-0.15, -0.1) is 0 Å². The van der Waals surface area contributed by atoms with Gasteiger partial charge in [0.25, 0.3) is 0 Å². The number of hydrogen-bond acceptors (Lipinski definition) is 3. The van der Waals surface area contributed by atoms with E-state index in [0.717, 1.165) is 22.2 Å². The third kappa shape index (κ3) is 2.29. The van der Waals surface area contributed by atoms with Crippen LogP contribution in [-0.2, 0) is 0 Å². The number of aryl methyl sites for hydroxylation is 1. The van der Waals surface area contributed by atoms with Gasteiger partial charge in [0.15, 0.2) is 0 Å². The number of hydrogen-bond donors (Lipinski definition) is 2. The predicted molar refractivity (Wildman–Crippen MR) is 74.2 cm³/mol. The van der Waals surface area contributed by atoms with Crippen molar-refractivity contribution in [3.05, 3.63) is 23.8 Å². The van der Waals surface area contributed by atoms with Crippen molar-refractivity contribution < 1.29 is 0 Å². The molecule has 2 atom stereocenters. The summed E-state index contributed by atoms with van der Waals surface area (Å²) in [6, 6.07) is 6.79. The second kappa shape index (κ2) is 5.00. The molecule has 1 aromatic carbocycles. The lowest BCUT2D eigenvalue weighted by atomic mass is 10.1. The minimum atomic E-state index is 0.582. The molecule has 3 heteroatoms. The minimum Gasteiger partial charge on any atom is -0.397 e. The molecule has 0 aromatic heterocycles. The van der Waals surface area contributed by atoms with Gasteiger partial charge in [0.05, 0.1) is 11.4 Å². The van der Waals surface area contributed by atoms with E-state index < -0.39 is 0 Å². The van der Waals surface area contributed by atoms with Crippen LogP contribution in [0.4, 0.5) is 11.4 Å². The smallest absolute Gasteiger partial charge is 0.0579 e. The Hall–Kier alpha value is -0.830. The molecule has 88 valence electrons. The second-order valence-corrected chi connectivity index (χ2v) is 5.57. The minimum absolute atomic E-state index is 0.582. The molecule has 0 spiro atoms. The number of nitrogen functional groups attached to an aromatic ring is 1. The number of benzene rings is 1. The van der Waals surface area contributed by atoms with Crippen LogP contribution in [0.25, 0.3) is 0 Å². The molecule has 0 saturated heterocycles. The van der Waals surface area contributed by atoms with Gasteiger partial charge >= 0.3 is 0 Å². The molecule has 1 aromatic rings. The lowest BCUT2D eigenvalue weighted by Gasteiger charge is -2.22. The molecule has 3 N–H and O–H groups in total. The van der Waals surface area contributed by atoms with Crippen molar-refractivity contribution >= 4 is 23.1 Å². The highest BCUT2D eigenvalue weighted by atomic mass is 32.2. The van der Waals surface area contributed by atoms with Crippen molar-refractivity contribution in [2.75, 3.05) is 17.3 Å². The Labute approximate surface area is 102 Å². The number of nitrogens with one attached hydrogen (secondary N) is 1. The second-order valence-electron chi connectivity index (χ2n) is 4.49. The first-order valence-corrected chi connectivity index (χ1v) is 7.15. The van der Waals surface area contributed by atoms with Gasteiger partial charge in [-0.25, -0.2) is 0 Å². The summed E-state index contributed by atoms with van der Waals surface area (Å²) in [5.41, 5.74) is 9.23. The van der Waals surface area contributed by atoms with Gasteiger partial charge in [-0.2, -0.15) is 11.8 Å². The Morgan fingerprint density at radius 1 is 1.38 bits per heavy atom. The van der Waals surface area contributed by atoms with E-state index in [9.17, 15) is 0 Å². The van der Waals surface area contributed by atoms with Crippen LogP contribution in [0, 0.1) is 6.92 Å². The Morgan fingerprint density at radius 2 is 2.19 bits per heavy atom. The number of nitrogens with two attached hydrogens (primary N) is 1. The maximum atomic E-state index is 6.08. The van der Waals surface area contributed by atoms with Crippen LogP contribution >= 0.6 is 11.8 Å². The van der Waals surface area contributed by atoms with E-state index in [4.69, 9.17) is 5.73 Å². The van der Waals surface area contributed by atoms with Gasteiger partial charge < -0.3 is 11.1 Å². The fourth-order valence-corrected chi connectivity index (χ4v) is 3.31. The zero-order valence-corrected chi connectivity index (χ0v) is 10.8. The standard InChI is InChI=1S/C13H20N2S/c1-9-5-3-7-11(13(9)14)15-10-6-4-8-12(10)16-2/h3,5,7,10,12,15H,4,6,8,14H2,1-2H3. The van der Waals surface area contributed by atoms with E-state index in [-0.39, 0.29) is 0 Å². The highest BCUT2D eigenvalue weighted by molar-refractivity contribution is 7.99. The number of anilines is 2.